The maximum atomic E-state index is 12.6. The molecule has 0 spiro atoms. The third kappa shape index (κ3) is 4.31. The molecule has 4 nitrogen and oxygen atoms in total. The molecule has 1 aliphatic rings. The lowest BCUT2D eigenvalue weighted by Gasteiger charge is -2.31. The summed E-state index contributed by atoms with van der Waals surface area (Å²) in [5, 5.41) is 3.03. The third-order valence-corrected chi connectivity index (χ3v) is 4.94. The van der Waals surface area contributed by atoms with Crippen LogP contribution in [0.1, 0.15) is 39.9 Å². The first kappa shape index (κ1) is 18.2. The van der Waals surface area contributed by atoms with Crippen molar-refractivity contribution in [1.29, 1.82) is 0 Å². The van der Waals surface area contributed by atoms with E-state index >= 15 is 0 Å². The number of nitrogens with zero attached hydrogens (tertiary/aromatic N) is 1. The highest BCUT2D eigenvalue weighted by molar-refractivity contribution is 5.95. The zero-order valence-corrected chi connectivity index (χ0v) is 15.7. The number of rotatable bonds is 3. The molecule has 1 heterocycles. The lowest BCUT2D eigenvalue weighted by molar-refractivity contribution is -0.121. The zero-order valence-electron chi connectivity index (χ0n) is 15.7. The van der Waals surface area contributed by atoms with E-state index in [1.165, 1.54) is 0 Å². The number of piperidine rings is 1. The second-order valence-electron chi connectivity index (χ2n) is 7.30. The average molecular weight is 350 g/mol. The van der Waals surface area contributed by atoms with Gasteiger partial charge in [0, 0.05) is 30.3 Å². The van der Waals surface area contributed by atoms with Crippen molar-refractivity contribution in [2.75, 3.05) is 18.4 Å². The maximum Gasteiger partial charge on any atom is 0.253 e. The maximum absolute atomic E-state index is 12.6. The Bertz CT molecular complexity index is 783. The molecule has 3 rings (SSSR count). The van der Waals surface area contributed by atoms with Gasteiger partial charge < -0.3 is 10.2 Å². The van der Waals surface area contributed by atoms with Crippen LogP contribution in [0.2, 0.25) is 0 Å². The number of hydrogen-bond donors (Lipinski definition) is 1. The fraction of sp³-hybridized carbons (Fsp3) is 0.364. The summed E-state index contributed by atoms with van der Waals surface area (Å²) in [6.45, 7) is 7.30. The van der Waals surface area contributed by atoms with Crippen LogP contribution < -0.4 is 5.32 Å². The summed E-state index contributed by atoms with van der Waals surface area (Å²) in [7, 11) is 0. The van der Waals surface area contributed by atoms with Gasteiger partial charge in [0.15, 0.2) is 0 Å². The van der Waals surface area contributed by atoms with E-state index in [2.05, 4.69) is 11.4 Å². The Balaban J connectivity index is 1.56. The Morgan fingerprint density at radius 3 is 2.04 bits per heavy atom. The molecule has 136 valence electrons. The van der Waals surface area contributed by atoms with E-state index in [4.69, 9.17) is 0 Å². The normalized spacial score (nSPS) is 15.0. The Kier molecular flexibility index (Phi) is 5.40. The fourth-order valence-corrected chi connectivity index (χ4v) is 3.51. The molecule has 1 aliphatic heterocycles. The minimum absolute atomic E-state index is 0.0436. The van der Waals surface area contributed by atoms with Crippen LogP contribution in [0.3, 0.4) is 0 Å². The SMILES string of the molecule is Cc1ccc(C(=O)N2CCC(C(=O)Nc3cc(C)cc(C)c3)CC2)cc1. The van der Waals surface area contributed by atoms with Gasteiger partial charge in [-0.15, -0.1) is 0 Å². The topological polar surface area (TPSA) is 49.4 Å². The molecule has 26 heavy (non-hydrogen) atoms. The number of nitrogens with one attached hydrogen (secondary N) is 1. The van der Waals surface area contributed by atoms with Crippen LogP contribution in [0.15, 0.2) is 42.5 Å². The number of benzene rings is 2. The van der Waals surface area contributed by atoms with Crippen molar-refractivity contribution >= 4 is 17.5 Å². The van der Waals surface area contributed by atoms with Gasteiger partial charge in [-0.3, -0.25) is 9.59 Å². The molecule has 0 saturated carbocycles. The standard InChI is InChI=1S/C22H26N2O2/c1-15-4-6-19(7-5-15)22(26)24-10-8-18(9-11-24)21(25)23-20-13-16(2)12-17(3)14-20/h4-7,12-14,18H,8-11H2,1-3H3,(H,23,25). The number of anilines is 1. The van der Waals surface area contributed by atoms with Crippen molar-refractivity contribution < 1.29 is 9.59 Å². The van der Waals surface area contributed by atoms with Crippen LogP contribution in [0.25, 0.3) is 0 Å². The molecular weight excluding hydrogens is 324 g/mol. The highest BCUT2D eigenvalue weighted by Gasteiger charge is 2.27. The second kappa shape index (κ2) is 7.73. The summed E-state index contributed by atoms with van der Waals surface area (Å²) in [4.78, 5) is 27.0. The smallest absolute Gasteiger partial charge is 0.253 e. The summed E-state index contributed by atoms with van der Waals surface area (Å²) < 4.78 is 0. The Morgan fingerprint density at radius 2 is 1.46 bits per heavy atom. The van der Waals surface area contributed by atoms with Crippen LogP contribution in [0.5, 0.6) is 0 Å². The van der Waals surface area contributed by atoms with Gasteiger partial charge in [0.25, 0.3) is 5.91 Å². The number of carbonyl (C=O) groups is 2. The van der Waals surface area contributed by atoms with E-state index < -0.39 is 0 Å². The molecular formula is C22H26N2O2. The molecule has 0 radical (unpaired) electrons. The van der Waals surface area contributed by atoms with Gasteiger partial charge in [-0.2, -0.15) is 0 Å². The summed E-state index contributed by atoms with van der Waals surface area (Å²) in [6.07, 6.45) is 1.41. The highest BCUT2D eigenvalue weighted by atomic mass is 16.2. The Hall–Kier alpha value is -2.62. The molecule has 1 N–H and O–H groups in total. The number of amides is 2. The molecule has 1 fully saturated rings. The summed E-state index contributed by atoms with van der Waals surface area (Å²) >= 11 is 0. The van der Waals surface area contributed by atoms with E-state index in [1.54, 1.807) is 0 Å². The van der Waals surface area contributed by atoms with Crippen LogP contribution >= 0.6 is 0 Å². The minimum atomic E-state index is -0.0436. The molecule has 2 aromatic carbocycles. The van der Waals surface area contributed by atoms with Crippen LogP contribution in [-0.2, 0) is 4.79 Å². The lowest BCUT2D eigenvalue weighted by atomic mass is 9.95. The van der Waals surface area contributed by atoms with Gasteiger partial charge >= 0.3 is 0 Å². The van der Waals surface area contributed by atoms with Gasteiger partial charge in [-0.05, 0) is 69.0 Å². The second-order valence-corrected chi connectivity index (χ2v) is 7.30. The molecule has 2 amide bonds. The first-order valence-electron chi connectivity index (χ1n) is 9.17. The van der Waals surface area contributed by atoms with E-state index in [0.29, 0.717) is 31.5 Å². The van der Waals surface area contributed by atoms with E-state index in [-0.39, 0.29) is 17.7 Å². The van der Waals surface area contributed by atoms with Crippen molar-refractivity contribution in [2.45, 2.75) is 33.6 Å². The van der Waals surface area contributed by atoms with E-state index in [9.17, 15) is 9.59 Å². The first-order chi connectivity index (χ1) is 12.4. The average Bonchev–Trinajstić information content (AvgIpc) is 2.61. The van der Waals surface area contributed by atoms with Gasteiger partial charge in [0.1, 0.15) is 0 Å². The van der Waals surface area contributed by atoms with Gasteiger partial charge in [0.2, 0.25) is 5.91 Å². The number of carbonyl (C=O) groups excluding carboxylic acids is 2. The van der Waals surface area contributed by atoms with Gasteiger partial charge in [0.05, 0.1) is 0 Å². The molecule has 0 aliphatic carbocycles. The summed E-state index contributed by atoms with van der Waals surface area (Å²) in [5.74, 6) is 0.0634. The Labute approximate surface area is 155 Å². The van der Waals surface area contributed by atoms with E-state index in [0.717, 1.165) is 22.4 Å². The molecule has 0 aromatic heterocycles. The van der Waals surface area contributed by atoms with Crippen LogP contribution in [0.4, 0.5) is 5.69 Å². The van der Waals surface area contributed by atoms with E-state index in [1.807, 2.05) is 62.1 Å². The number of hydrogen-bond acceptors (Lipinski definition) is 2. The first-order valence-corrected chi connectivity index (χ1v) is 9.17. The zero-order chi connectivity index (χ0) is 18.7. The minimum Gasteiger partial charge on any atom is -0.339 e. The molecule has 0 atom stereocenters. The predicted octanol–water partition coefficient (Wildman–Crippen LogP) is 4.10. The van der Waals surface area contributed by atoms with Gasteiger partial charge in [-0.25, -0.2) is 0 Å². The van der Waals surface area contributed by atoms with Crippen molar-refractivity contribution in [1.82, 2.24) is 4.90 Å². The van der Waals surface area contributed by atoms with Crippen LogP contribution in [0, 0.1) is 26.7 Å². The number of likely N-dealkylation sites (tertiary alicyclic amines) is 1. The van der Waals surface area contributed by atoms with Crippen molar-refractivity contribution in [3.05, 3.63) is 64.7 Å². The quantitative estimate of drug-likeness (QED) is 0.906. The summed E-state index contributed by atoms with van der Waals surface area (Å²) in [5.41, 5.74) is 4.99. The molecule has 0 bridgehead atoms. The molecule has 2 aromatic rings. The largest absolute Gasteiger partial charge is 0.339 e. The molecule has 4 heteroatoms. The van der Waals surface area contributed by atoms with Crippen LogP contribution in [-0.4, -0.2) is 29.8 Å². The van der Waals surface area contributed by atoms with Crippen molar-refractivity contribution in [2.24, 2.45) is 5.92 Å². The fourth-order valence-electron chi connectivity index (χ4n) is 3.51. The highest BCUT2D eigenvalue weighted by Crippen LogP contribution is 2.22. The lowest BCUT2D eigenvalue weighted by Crippen LogP contribution is -2.41. The third-order valence-electron chi connectivity index (χ3n) is 4.94. The Morgan fingerprint density at radius 1 is 0.885 bits per heavy atom. The number of aryl methyl sites for hydroxylation is 3. The van der Waals surface area contributed by atoms with Crippen molar-refractivity contribution in [3.63, 3.8) is 0 Å². The monoisotopic (exact) mass is 350 g/mol. The summed E-state index contributed by atoms with van der Waals surface area (Å²) in [6, 6.07) is 13.7. The van der Waals surface area contributed by atoms with Crippen molar-refractivity contribution in [3.8, 4) is 0 Å². The molecule has 0 unspecified atom stereocenters. The van der Waals surface area contributed by atoms with Gasteiger partial charge in [-0.1, -0.05) is 23.8 Å². The molecule has 1 saturated heterocycles. The predicted molar refractivity (Wildman–Crippen MR) is 104 cm³/mol.